The van der Waals surface area contributed by atoms with Gasteiger partial charge in [-0.1, -0.05) is 12.1 Å². The van der Waals surface area contributed by atoms with E-state index >= 15 is 0 Å². The molecule has 0 bridgehead atoms. The third kappa shape index (κ3) is 3.35. The van der Waals surface area contributed by atoms with Crippen LogP contribution in [0.5, 0.6) is 0 Å². The number of nitrogens with zero attached hydrogens (tertiary/aromatic N) is 2. The van der Waals surface area contributed by atoms with Crippen LogP contribution in [0.2, 0.25) is 0 Å². The fourth-order valence-corrected chi connectivity index (χ4v) is 3.10. The number of alkyl halides is 1. The zero-order valence-electron chi connectivity index (χ0n) is 12.0. The molecule has 2 rings (SSSR count). The number of rotatable bonds is 5. The number of carbonyl (C=O) groups excluding carboxylic acids is 1. The third-order valence-corrected chi connectivity index (χ3v) is 4.24. The normalized spacial score (nSPS) is 18.0. The van der Waals surface area contributed by atoms with Gasteiger partial charge in [-0.05, 0) is 38.2 Å². The van der Waals surface area contributed by atoms with Crippen LogP contribution >= 0.6 is 11.6 Å². The number of halogens is 1. The Morgan fingerprint density at radius 2 is 2.29 bits per heavy atom. The molecule has 0 aromatic heterocycles. The van der Waals surface area contributed by atoms with Crippen molar-refractivity contribution in [2.45, 2.75) is 38.6 Å². The van der Waals surface area contributed by atoms with Gasteiger partial charge < -0.3 is 4.90 Å². The molecule has 1 fully saturated rings. The average Bonchev–Trinajstić information content (AvgIpc) is 2.92. The molecule has 1 atom stereocenters. The van der Waals surface area contributed by atoms with E-state index in [1.54, 1.807) is 24.0 Å². The second-order valence-corrected chi connectivity index (χ2v) is 5.73. The maximum atomic E-state index is 12.8. The van der Waals surface area contributed by atoms with Gasteiger partial charge in [-0.15, -0.1) is 11.6 Å². The van der Waals surface area contributed by atoms with E-state index in [0.717, 1.165) is 25.7 Å². The van der Waals surface area contributed by atoms with Crippen molar-refractivity contribution in [1.29, 1.82) is 0 Å². The van der Waals surface area contributed by atoms with Crippen LogP contribution in [0.1, 0.15) is 41.6 Å². The van der Waals surface area contributed by atoms with E-state index < -0.39 is 4.92 Å². The predicted octanol–water partition coefficient (Wildman–Crippen LogP) is 3.53. The van der Waals surface area contributed by atoms with Gasteiger partial charge >= 0.3 is 0 Å². The van der Waals surface area contributed by atoms with Crippen molar-refractivity contribution in [3.8, 4) is 0 Å². The maximum Gasteiger partial charge on any atom is 0.282 e. The van der Waals surface area contributed by atoms with Crippen LogP contribution in [0.15, 0.2) is 18.2 Å². The Labute approximate surface area is 129 Å². The molecule has 1 heterocycles. The molecule has 0 saturated carbocycles. The van der Waals surface area contributed by atoms with Crippen molar-refractivity contribution < 1.29 is 9.72 Å². The maximum absolute atomic E-state index is 12.8. The summed E-state index contributed by atoms with van der Waals surface area (Å²) in [5.41, 5.74) is 0.764. The number of likely N-dealkylation sites (tertiary alicyclic amines) is 1. The number of amides is 1. The summed E-state index contributed by atoms with van der Waals surface area (Å²) in [7, 11) is 0. The van der Waals surface area contributed by atoms with Gasteiger partial charge in [-0.3, -0.25) is 14.9 Å². The molecule has 1 aliphatic rings. The second kappa shape index (κ2) is 6.89. The monoisotopic (exact) mass is 310 g/mol. The first-order chi connectivity index (χ1) is 10.1. The highest BCUT2D eigenvalue weighted by Gasteiger charge is 2.33. The molecule has 1 aliphatic heterocycles. The van der Waals surface area contributed by atoms with Gasteiger partial charge in [0.25, 0.3) is 11.6 Å². The first-order valence-electron chi connectivity index (χ1n) is 7.17. The van der Waals surface area contributed by atoms with Gasteiger partial charge in [0.2, 0.25) is 0 Å². The summed E-state index contributed by atoms with van der Waals surface area (Å²) in [6, 6.07) is 4.89. The molecule has 0 spiro atoms. The highest BCUT2D eigenvalue weighted by Crippen LogP contribution is 2.29. The zero-order chi connectivity index (χ0) is 15.4. The van der Waals surface area contributed by atoms with E-state index in [1.807, 2.05) is 0 Å². The quantitative estimate of drug-likeness (QED) is 0.475. The lowest BCUT2D eigenvalue weighted by Gasteiger charge is -2.25. The van der Waals surface area contributed by atoms with E-state index in [9.17, 15) is 14.9 Å². The first-order valence-corrected chi connectivity index (χ1v) is 7.70. The first kappa shape index (κ1) is 15.8. The molecule has 1 saturated heterocycles. The summed E-state index contributed by atoms with van der Waals surface area (Å²) < 4.78 is 0. The van der Waals surface area contributed by atoms with Gasteiger partial charge in [-0.2, -0.15) is 0 Å². The molecule has 1 aromatic rings. The summed E-state index contributed by atoms with van der Waals surface area (Å²) in [4.78, 5) is 25.2. The van der Waals surface area contributed by atoms with Gasteiger partial charge in [0.15, 0.2) is 0 Å². The van der Waals surface area contributed by atoms with Crippen molar-refractivity contribution in [2.24, 2.45) is 0 Å². The van der Waals surface area contributed by atoms with Crippen molar-refractivity contribution >= 4 is 23.2 Å². The third-order valence-electron chi connectivity index (χ3n) is 3.97. The number of hydrogen-bond donors (Lipinski definition) is 0. The molecule has 6 heteroatoms. The Balaban J connectivity index is 2.29. The fourth-order valence-electron chi connectivity index (χ4n) is 2.94. The zero-order valence-corrected chi connectivity index (χ0v) is 12.8. The predicted molar refractivity (Wildman–Crippen MR) is 81.8 cm³/mol. The summed E-state index contributed by atoms with van der Waals surface area (Å²) in [5.74, 6) is 0.347. The molecular formula is C15H19ClN2O3. The highest BCUT2D eigenvalue weighted by atomic mass is 35.5. The molecule has 0 radical (unpaired) electrons. The minimum absolute atomic E-state index is 0.108. The molecule has 1 aromatic carbocycles. The van der Waals surface area contributed by atoms with Crippen molar-refractivity contribution in [2.75, 3.05) is 12.4 Å². The minimum Gasteiger partial charge on any atom is -0.335 e. The smallest absolute Gasteiger partial charge is 0.282 e. The SMILES string of the molecule is Cc1cccc([N+](=O)[O-])c1C(=O)N1CCCC1CCCCl. The number of hydrogen-bond acceptors (Lipinski definition) is 3. The highest BCUT2D eigenvalue weighted by molar-refractivity contribution is 6.17. The Bertz CT molecular complexity index is 548. The molecule has 114 valence electrons. The molecule has 1 amide bonds. The molecule has 5 nitrogen and oxygen atoms in total. The van der Waals surface area contributed by atoms with Gasteiger partial charge in [0, 0.05) is 24.5 Å². The minimum atomic E-state index is -0.482. The topological polar surface area (TPSA) is 63.5 Å². The van der Waals surface area contributed by atoms with Gasteiger partial charge in [-0.25, -0.2) is 0 Å². The Kier molecular flexibility index (Phi) is 5.17. The second-order valence-electron chi connectivity index (χ2n) is 5.35. The summed E-state index contributed by atoms with van der Waals surface area (Å²) in [6.07, 6.45) is 3.60. The van der Waals surface area contributed by atoms with Crippen molar-refractivity contribution in [3.63, 3.8) is 0 Å². The standard InChI is InChI=1S/C15H19ClN2O3/c1-11-5-2-8-13(18(20)21)14(11)15(19)17-10-4-7-12(17)6-3-9-16/h2,5,8,12H,3-4,6-7,9-10H2,1H3. The number of nitro benzene ring substituents is 1. The van der Waals surface area contributed by atoms with Crippen LogP contribution in [0, 0.1) is 17.0 Å². The van der Waals surface area contributed by atoms with Crippen molar-refractivity contribution in [1.82, 2.24) is 4.90 Å². The number of carbonyl (C=O) groups is 1. The van der Waals surface area contributed by atoms with Crippen LogP contribution in [0.25, 0.3) is 0 Å². The van der Waals surface area contributed by atoms with E-state index in [1.165, 1.54) is 6.07 Å². The Hall–Kier alpha value is -1.62. The van der Waals surface area contributed by atoms with Crippen LogP contribution < -0.4 is 0 Å². The van der Waals surface area contributed by atoms with Crippen LogP contribution in [-0.2, 0) is 0 Å². The van der Waals surface area contributed by atoms with Crippen molar-refractivity contribution in [3.05, 3.63) is 39.4 Å². The summed E-state index contributed by atoms with van der Waals surface area (Å²) in [5, 5.41) is 11.2. The lowest BCUT2D eigenvalue weighted by molar-refractivity contribution is -0.385. The fraction of sp³-hybridized carbons (Fsp3) is 0.533. The van der Waals surface area contributed by atoms with Crippen LogP contribution in [0.4, 0.5) is 5.69 Å². The molecule has 21 heavy (non-hydrogen) atoms. The summed E-state index contributed by atoms with van der Waals surface area (Å²) in [6.45, 7) is 2.40. The van der Waals surface area contributed by atoms with Crippen LogP contribution in [0.3, 0.4) is 0 Å². The molecule has 1 unspecified atom stereocenters. The van der Waals surface area contributed by atoms with E-state index in [-0.39, 0.29) is 23.2 Å². The Morgan fingerprint density at radius 3 is 2.95 bits per heavy atom. The average molecular weight is 311 g/mol. The van der Waals surface area contributed by atoms with E-state index in [2.05, 4.69) is 0 Å². The summed E-state index contributed by atoms with van der Waals surface area (Å²) >= 11 is 5.72. The largest absolute Gasteiger partial charge is 0.335 e. The number of aryl methyl sites for hydroxylation is 1. The van der Waals surface area contributed by atoms with Gasteiger partial charge in [0.05, 0.1) is 4.92 Å². The number of benzene rings is 1. The Morgan fingerprint density at radius 1 is 1.52 bits per heavy atom. The molecule has 0 N–H and O–H groups in total. The van der Waals surface area contributed by atoms with Crippen LogP contribution in [-0.4, -0.2) is 34.2 Å². The lowest BCUT2D eigenvalue weighted by Crippen LogP contribution is -2.36. The van der Waals surface area contributed by atoms with E-state index in [4.69, 9.17) is 11.6 Å². The lowest BCUT2D eigenvalue weighted by atomic mass is 10.0. The van der Waals surface area contributed by atoms with Gasteiger partial charge in [0.1, 0.15) is 5.56 Å². The molecular weight excluding hydrogens is 292 g/mol. The molecule has 0 aliphatic carbocycles. The van der Waals surface area contributed by atoms with E-state index in [0.29, 0.717) is 18.0 Å². The number of nitro groups is 1.